The highest BCUT2D eigenvalue weighted by molar-refractivity contribution is 7.16. The molecule has 0 atom stereocenters. The van der Waals surface area contributed by atoms with Gasteiger partial charge in [0.25, 0.3) is 0 Å². The molecule has 0 spiro atoms. The maximum Gasteiger partial charge on any atom is 0.341 e. The molecule has 0 fully saturated rings. The number of thiophene rings is 2. The summed E-state index contributed by atoms with van der Waals surface area (Å²) in [6.45, 7) is 5.84. The molecule has 1 N–H and O–H groups in total. The van der Waals surface area contributed by atoms with E-state index >= 15 is 0 Å². The molecule has 2 aromatic rings. The second kappa shape index (κ2) is 7.38. The number of carbonyl (C=O) groups excluding carboxylic acids is 2. The molecular weight excluding hydrogens is 318 g/mol. The summed E-state index contributed by atoms with van der Waals surface area (Å²) in [6, 6.07) is 3.85. The topological polar surface area (TPSA) is 55.4 Å². The van der Waals surface area contributed by atoms with Gasteiger partial charge in [0, 0.05) is 15.8 Å². The van der Waals surface area contributed by atoms with E-state index in [-0.39, 0.29) is 5.91 Å². The number of amides is 1. The summed E-state index contributed by atoms with van der Waals surface area (Å²) in [7, 11) is 0. The number of rotatable bonds is 5. The van der Waals surface area contributed by atoms with Crippen LogP contribution < -0.4 is 5.32 Å². The number of carbonyl (C=O) groups is 2. The Morgan fingerprint density at radius 3 is 2.77 bits per heavy atom. The van der Waals surface area contributed by atoms with Crippen LogP contribution in [0.15, 0.2) is 23.6 Å². The SMILES string of the molecule is CCOC(=O)c1c(NC(=O)/C=C\c2cccs2)sc(C)c1C. The van der Waals surface area contributed by atoms with Crippen molar-refractivity contribution in [2.75, 3.05) is 11.9 Å². The Morgan fingerprint density at radius 1 is 1.36 bits per heavy atom. The first kappa shape index (κ1) is 16.5. The van der Waals surface area contributed by atoms with Crippen LogP contribution in [0.2, 0.25) is 0 Å². The van der Waals surface area contributed by atoms with Gasteiger partial charge in [-0.2, -0.15) is 0 Å². The maximum atomic E-state index is 12.0. The molecule has 4 nitrogen and oxygen atoms in total. The Hall–Kier alpha value is -1.92. The van der Waals surface area contributed by atoms with Crippen molar-refractivity contribution >= 4 is 45.6 Å². The number of aryl methyl sites for hydroxylation is 1. The smallest absolute Gasteiger partial charge is 0.341 e. The predicted molar refractivity (Wildman–Crippen MR) is 91.7 cm³/mol. The molecule has 0 bridgehead atoms. The second-order valence-electron chi connectivity index (χ2n) is 4.55. The van der Waals surface area contributed by atoms with Crippen molar-refractivity contribution in [3.05, 3.63) is 44.5 Å². The van der Waals surface area contributed by atoms with Gasteiger partial charge in [-0.1, -0.05) is 6.07 Å². The van der Waals surface area contributed by atoms with Gasteiger partial charge in [-0.15, -0.1) is 22.7 Å². The van der Waals surface area contributed by atoms with Crippen LogP contribution in [0.3, 0.4) is 0 Å². The van der Waals surface area contributed by atoms with Crippen molar-refractivity contribution in [3.8, 4) is 0 Å². The zero-order chi connectivity index (χ0) is 16.1. The second-order valence-corrected chi connectivity index (χ2v) is 6.75. The van der Waals surface area contributed by atoms with Crippen molar-refractivity contribution in [2.45, 2.75) is 20.8 Å². The van der Waals surface area contributed by atoms with Crippen LogP contribution in [-0.4, -0.2) is 18.5 Å². The van der Waals surface area contributed by atoms with Crippen LogP contribution in [0.4, 0.5) is 5.00 Å². The third-order valence-corrected chi connectivity index (χ3v) is 5.00. The number of anilines is 1. The molecule has 0 aliphatic rings. The first-order valence-corrected chi connectivity index (χ1v) is 8.52. The summed E-state index contributed by atoms with van der Waals surface area (Å²) in [4.78, 5) is 26.1. The van der Waals surface area contributed by atoms with Gasteiger partial charge in [0.05, 0.1) is 12.2 Å². The lowest BCUT2D eigenvalue weighted by atomic mass is 10.1. The molecule has 0 radical (unpaired) electrons. The molecule has 2 rings (SSSR count). The van der Waals surface area contributed by atoms with Gasteiger partial charge < -0.3 is 10.1 Å². The Balaban J connectivity index is 2.17. The fraction of sp³-hybridized carbons (Fsp3) is 0.250. The summed E-state index contributed by atoms with van der Waals surface area (Å²) in [5.41, 5.74) is 1.29. The molecule has 1 amide bonds. The van der Waals surface area contributed by atoms with Crippen molar-refractivity contribution in [2.24, 2.45) is 0 Å². The molecule has 116 valence electrons. The lowest BCUT2D eigenvalue weighted by Crippen LogP contribution is -2.12. The molecule has 6 heteroatoms. The molecule has 0 saturated heterocycles. The van der Waals surface area contributed by atoms with Gasteiger partial charge in [-0.05, 0) is 43.9 Å². The highest BCUT2D eigenvalue weighted by Crippen LogP contribution is 2.33. The molecule has 22 heavy (non-hydrogen) atoms. The minimum Gasteiger partial charge on any atom is -0.462 e. The van der Waals surface area contributed by atoms with E-state index in [1.165, 1.54) is 17.4 Å². The highest BCUT2D eigenvalue weighted by atomic mass is 32.1. The van der Waals surface area contributed by atoms with Crippen LogP contribution in [0.5, 0.6) is 0 Å². The maximum absolute atomic E-state index is 12.0. The standard InChI is InChI=1S/C16H17NO3S2/c1-4-20-16(19)14-10(2)11(3)22-15(14)17-13(18)8-7-12-6-5-9-21-12/h5-9H,4H2,1-3H3,(H,17,18)/b8-7-. The third-order valence-electron chi connectivity index (χ3n) is 3.04. The molecule has 2 heterocycles. The van der Waals surface area contributed by atoms with E-state index in [0.717, 1.165) is 15.3 Å². The molecule has 0 unspecified atom stereocenters. The first-order valence-electron chi connectivity index (χ1n) is 6.82. The van der Waals surface area contributed by atoms with Crippen molar-refractivity contribution in [1.29, 1.82) is 0 Å². The summed E-state index contributed by atoms with van der Waals surface area (Å²) in [5, 5.41) is 5.25. The lowest BCUT2D eigenvalue weighted by molar-refractivity contribution is -0.111. The summed E-state index contributed by atoms with van der Waals surface area (Å²) in [5.74, 6) is -0.665. The molecule has 0 aliphatic heterocycles. The predicted octanol–water partition coefficient (Wildman–Crippen LogP) is 4.26. The fourth-order valence-electron chi connectivity index (χ4n) is 1.86. The summed E-state index contributed by atoms with van der Waals surface area (Å²) in [6.07, 6.45) is 3.21. The van der Waals surface area contributed by atoms with E-state index < -0.39 is 5.97 Å². The highest BCUT2D eigenvalue weighted by Gasteiger charge is 2.21. The molecule has 2 aromatic heterocycles. The minimum atomic E-state index is -0.401. The van der Waals surface area contributed by atoms with Crippen LogP contribution in [0.1, 0.15) is 32.6 Å². The number of esters is 1. The summed E-state index contributed by atoms with van der Waals surface area (Å²) >= 11 is 2.94. The van der Waals surface area contributed by atoms with Gasteiger partial charge in [-0.3, -0.25) is 4.79 Å². The van der Waals surface area contributed by atoms with Crippen LogP contribution in [0.25, 0.3) is 6.08 Å². The Morgan fingerprint density at radius 2 is 2.14 bits per heavy atom. The fourth-order valence-corrected chi connectivity index (χ4v) is 3.53. The number of hydrogen-bond donors (Lipinski definition) is 1. The third kappa shape index (κ3) is 3.84. The van der Waals surface area contributed by atoms with Crippen LogP contribution >= 0.6 is 22.7 Å². The zero-order valence-electron chi connectivity index (χ0n) is 12.6. The normalized spacial score (nSPS) is 10.9. The largest absolute Gasteiger partial charge is 0.462 e. The minimum absolute atomic E-state index is 0.264. The Labute approximate surface area is 137 Å². The van der Waals surface area contributed by atoms with Crippen LogP contribution in [0, 0.1) is 13.8 Å². The zero-order valence-corrected chi connectivity index (χ0v) is 14.3. The molecule has 0 aliphatic carbocycles. The van der Waals surface area contributed by atoms with Gasteiger partial charge in [0.2, 0.25) is 5.91 Å². The quantitative estimate of drug-likeness (QED) is 0.656. The number of nitrogens with one attached hydrogen (secondary N) is 1. The average molecular weight is 335 g/mol. The molecule has 0 saturated carbocycles. The number of ether oxygens (including phenoxy) is 1. The number of hydrogen-bond acceptors (Lipinski definition) is 5. The van der Waals surface area contributed by atoms with Crippen molar-refractivity contribution in [1.82, 2.24) is 0 Å². The lowest BCUT2D eigenvalue weighted by Gasteiger charge is -2.05. The van der Waals surface area contributed by atoms with Gasteiger partial charge in [0.15, 0.2) is 0 Å². The van der Waals surface area contributed by atoms with Gasteiger partial charge in [-0.25, -0.2) is 4.79 Å². The van der Waals surface area contributed by atoms with E-state index in [2.05, 4.69) is 5.32 Å². The van der Waals surface area contributed by atoms with E-state index in [4.69, 9.17) is 4.74 Å². The van der Waals surface area contributed by atoms with Gasteiger partial charge in [0.1, 0.15) is 5.00 Å². The monoisotopic (exact) mass is 335 g/mol. The average Bonchev–Trinajstić information content (AvgIpc) is 3.06. The molecular formula is C16H17NO3S2. The van der Waals surface area contributed by atoms with Crippen molar-refractivity contribution in [3.63, 3.8) is 0 Å². The van der Waals surface area contributed by atoms with E-state index in [9.17, 15) is 9.59 Å². The summed E-state index contributed by atoms with van der Waals surface area (Å²) < 4.78 is 5.06. The van der Waals surface area contributed by atoms with E-state index in [0.29, 0.717) is 17.2 Å². The molecule has 0 aromatic carbocycles. The van der Waals surface area contributed by atoms with E-state index in [1.807, 2.05) is 31.4 Å². The van der Waals surface area contributed by atoms with Crippen molar-refractivity contribution < 1.29 is 14.3 Å². The van der Waals surface area contributed by atoms with E-state index in [1.54, 1.807) is 24.3 Å². The van der Waals surface area contributed by atoms with Gasteiger partial charge >= 0.3 is 5.97 Å². The van der Waals surface area contributed by atoms with Crippen LogP contribution in [-0.2, 0) is 9.53 Å². The first-order chi connectivity index (χ1) is 10.5. The Bertz CT molecular complexity index is 699. The Kier molecular flexibility index (Phi) is 5.51.